The number of methoxy groups -OCH3 is 1. The van der Waals surface area contributed by atoms with Gasteiger partial charge < -0.3 is 52.2 Å². The first-order valence-corrected chi connectivity index (χ1v) is 21.4. The molecule has 19 heteroatoms. The topological polar surface area (TPSA) is 293 Å². The molecule has 0 saturated carbocycles. The van der Waals surface area contributed by atoms with Crippen molar-refractivity contribution in [3.05, 3.63) is 72.0 Å². The number of carboxylic acid groups (broad SMARTS) is 2. The molecule has 0 aromatic heterocycles. The molecule has 7 amide bonds. The first kappa shape index (κ1) is 56.6. The molecule has 65 heavy (non-hydrogen) atoms. The Morgan fingerprint density at radius 1 is 0.831 bits per heavy atom. The van der Waals surface area contributed by atoms with Crippen LogP contribution in [0.5, 0.6) is 0 Å². The van der Waals surface area contributed by atoms with Gasteiger partial charge in [0.1, 0.15) is 23.8 Å². The Kier molecular flexibility index (Phi) is 24.2. The molecule has 0 aliphatic rings. The number of carbonyl (C=O) groups is 9. The minimum atomic E-state index is -1.81. The van der Waals surface area contributed by atoms with Gasteiger partial charge in [0.25, 0.3) is 5.91 Å². The van der Waals surface area contributed by atoms with Gasteiger partial charge in [0.05, 0.1) is 36.4 Å². The Hall–Kier alpha value is -6.37. The SMILES string of the molecule is C=C(C(=O)NC(C)C(=O)NC(CC(C)C)C(=O)NC(C(=O)O)C(C)C(=O)NCC(=O)NC(C=CC(C)=CC(C)C(Cc1ccccc1)OC)C(C)C(N)=O)N(C)C(=O)CCC(C)C(=O)O. The van der Waals surface area contributed by atoms with Crippen LogP contribution in [0.2, 0.25) is 0 Å². The molecule has 9 atom stereocenters. The number of likely N-dealkylation sites (N-methyl/N-ethyl adjacent to an activating group) is 1. The largest absolute Gasteiger partial charge is 0.481 e. The Bertz CT molecular complexity index is 1920. The number of nitrogens with two attached hydrogens (primary N) is 1. The highest BCUT2D eigenvalue weighted by Crippen LogP contribution is 2.18. The van der Waals surface area contributed by atoms with E-state index >= 15 is 0 Å². The Balaban J connectivity index is 2.98. The molecule has 1 aromatic carbocycles. The van der Waals surface area contributed by atoms with E-state index in [0.29, 0.717) is 6.42 Å². The quantitative estimate of drug-likeness (QED) is 0.0442. The van der Waals surface area contributed by atoms with Crippen molar-refractivity contribution >= 4 is 53.3 Å². The molecular formula is C46H69N7O12. The Labute approximate surface area is 381 Å². The highest BCUT2D eigenvalue weighted by Gasteiger charge is 2.35. The number of amides is 7. The summed E-state index contributed by atoms with van der Waals surface area (Å²) in [6, 6.07) is 4.63. The number of rotatable bonds is 28. The molecule has 0 saturated heterocycles. The van der Waals surface area contributed by atoms with Crippen LogP contribution in [0.4, 0.5) is 0 Å². The molecule has 0 spiro atoms. The van der Waals surface area contributed by atoms with E-state index in [1.807, 2.05) is 50.3 Å². The number of hydrogen-bond donors (Lipinski definition) is 8. The average Bonchev–Trinajstić information content (AvgIpc) is 3.25. The Morgan fingerprint density at radius 3 is 1.98 bits per heavy atom. The predicted molar refractivity (Wildman–Crippen MR) is 242 cm³/mol. The summed E-state index contributed by atoms with van der Waals surface area (Å²) in [4.78, 5) is 115. The van der Waals surface area contributed by atoms with Crippen LogP contribution >= 0.6 is 0 Å². The lowest BCUT2D eigenvalue weighted by Gasteiger charge is -2.27. The fraction of sp³-hybridized carbons (Fsp3) is 0.543. The molecule has 1 rings (SSSR count). The third-order valence-electron chi connectivity index (χ3n) is 10.8. The number of nitrogens with zero attached hydrogens (tertiary/aromatic N) is 1. The molecule has 0 aliphatic heterocycles. The van der Waals surface area contributed by atoms with Gasteiger partial charge in [0, 0.05) is 26.5 Å². The van der Waals surface area contributed by atoms with Crippen LogP contribution in [0.1, 0.15) is 80.2 Å². The van der Waals surface area contributed by atoms with Gasteiger partial charge in [-0.15, -0.1) is 0 Å². The van der Waals surface area contributed by atoms with Crippen molar-refractivity contribution in [1.29, 1.82) is 0 Å². The summed E-state index contributed by atoms with van der Waals surface area (Å²) in [6.07, 6.45) is 5.80. The van der Waals surface area contributed by atoms with Gasteiger partial charge in [-0.2, -0.15) is 0 Å². The van der Waals surface area contributed by atoms with E-state index in [1.54, 1.807) is 33.1 Å². The number of ether oxygens (including phenoxy) is 1. The molecule has 0 bridgehead atoms. The highest BCUT2D eigenvalue weighted by molar-refractivity contribution is 6.00. The number of hydrogen-bond acceptors (Lipinski definition) is 10. The maximum atomic E-state index is 13.5. The fourth-order valence-corrected chi connectivity index (χ4v) is 6.33. The molecule has 9 unspecified atom stereocenters. The molecule has 0 aliphatic carbocycles. The van der Waals surface area contributed by atoms with E-state index in [4.69, 9.17) is 15.6 Å². The lowest BCUT2D eigenvalue weighted by molar-refractivity contribution is -0.146. The third-order valence-corrected chi connectivity index (χ3v) is 10.8. The fourth-order valence-electron chi connectivity index (χ4n) is 6.33. The molecule has 0 heterocycles. The maximum Gasteiger partial charge on any atom is 0.327 e. The molecule has 360 valence electrons. The number of aliphatic carboxylic acids is 2. The molecular weight excluding hydrogens is 843 g/mol. The summed E-state index contributed by atoms with van der Waals surface area (Å²) in [5, 5.41) is 31.3. The van der Waals surface area contributed by atoms with Gasteiger partial charge in [-0.25, -0.2) is 4.79 Å². The van der Waals surface area contributed by atoms with Crippen molar-refractivity contribution in [1.82, 2.24) is 31.5 Å². The van der Waals surface area contributed by atoms with E-state index in [-0.39, 0.29) is 42.9 Å². The van der Waals surface area contributed by atoms with Crippen molar-refractivity contribution in [2.75, 3.05) is 20.7 Å². The smallest absolute Gasteiger partial charge is 0.327 e. The van der Waals surface area contributed by atoms with Gasteiger partial charge in [-0.05, 0) is 44.6 Å². The highest BCUT2D eigenvalue weighted by atomic mass is 16.5. The van der Waals surface area contributed by atoms with Crippen LogP contribution in [-0.4, -0.2) is 119 Å². The first-order chi connectivity index (χ1) is 30.3. The van der Waals surface area contributed by atoms with E-state index in [2.05, 4.69) is 33.2 Å². The van der Waals surface area contributed by atoms with Crippen molar-refractivity contribution < 1.29 is 58.1 Å². The minimum Gasteiger partial charge on any atom is -0.481 e. The number of nitrogens with one attached hydrogen (secondary N) is 5. The summed E-state index contributed by atoms with van der Waals surface area (Å²) < 4.78 is 5.74. The van der Waals surface area contributed by atoms with Crippen LogP contribution in [0.15, 0.2) is 66.4 Å². The average molecular weight is 912 g/mol. The van der Waals surface area contributed by atoms with E-state index < -0.39 is 102 Å². The van der Waals surface area contributed by atoms with Crippen molar-refractivity contribution in [2.24, 2.45) is 35.3 Å². The first-order valence-electron chi connectivity index (χ1n) is 21.4. The maximum absolute atomic E-state index is 13.5. The zero-order valence-corrected chi connectivity index (χ0v) is 39.1. The summed E-state index contributed by atoms with van der Waals surface area (Å²) in [7, 11) is 2.92. The van der Waals surface area contributed by atoms with Crippen molar-refractivity contribution in [3.63, 3.8) is 0 Å². The number of benzene rings is 1. The Morgan fingerprint density at radius 2 is 1.45 bits per heavy atom. The van der Waals surface area contributed by atoms with Gasteiger partial charge in [0.15, 0.2) is 0 Å². The molecule has 0 fully saturated rings. The van der Waals surface area contributed by atoms with E-state index in [9.17, 15) is 48.3 Å². The van der Waals surface area contributed by atoms with Crippen LogP contribution < -0.4 is 32.3 Å². The van der Waals surface area contributed by atoms with Gasteiger partial charge in [-0.1, -0.05) is 102 Å². The van der Waals surface area contributed by atoms with Crippen LogP contribution in [-0.2, 0) is 54.3 Å². The zero-order valence-electron chi connectivity index (χ0n) is 39.1. The van der Waals surface area contributed by atoms with E-state index in [1.165, 1.54) is 34.7 Å². The number of carbonyl (C=O) groups excluding carboxylic acids is 7. The second-order valence-electron chi connectivity index (χ2n) is 16.8. The van der Waals surface area contributed by atoms with Gasteiger partial charge >= 0.3 is 11.9 Å². The minimum absolute atomic E-state index is 0.000716. The predicted octanol–water partition coefficient (Wildman–Crippen LogP) is 1.82. The third kappa shape index (κ3) is 19.9. The summed E-state index contributed by atoms with van der Waals surface area (Å²) in [5.74, 6) is -11.5. The molecule has 0 radical (unpaired) electrons. The summed E-state index contributed by atoms with van der Waals surface area (Å²) in [5.41, 5.74) is 7.20. The van der Waals surface area contributed by atoms with Gasteiger partial charge in [-0.3, -0.25) is 38.4 Å². The second-order valence-corrected chi connectivity index (χ2v) is 16.8. The number of primary amides is 1. The monoisotopic (exact) mass is 912 g/mol. The number of allylic oxidation sites excluding steroid dienone is 2. The van der Waals surface area contributed by atoms with Crippen LogP contribution in [0, 0.1) is 29.6 Å². The lowest BCUT2D eigenvalue weighted by Crippen LogP contribution is -2.58. The standard InChI is InChI=1S/C46H69N7O12/c1-25(2)21-35(51-42(58)31(8)49-43(59)32(9)53(10)38(55)20-18-27(4)45(61)62)44(60)52-39(46(63)64)30(7)41(57)48-24-37(54)50-34(29(6)40(47)56)19-17-26(3)22-28(5)36(65-11)23-33-15-13-12-14-16-33/h12-17,19,22,25,27-31,34-36,39H,9,18,20-21,23-24H2,1-8,10-11H3,(H2,47,56)(H,48,57)(H,49,59)(H,50,54)(H,51,58)(H,52,60)(H,61,62)(H,63,64). The molecule has 19 nitrogen and oxygen atoms in total. The van der Waals surface area contributed by atoms with Crippen molar-refractivity contribution in [3.8, 4) is 0 Å². The summed E-state index contributed by atoms with van der Waals surface area (Å²) in [6.45, 7) is 15.8. The number of carboxylic acids is 2. The van der Waals surface area contributed by atoms with Crippen molar-refractivity contribution in [2.45, 2.75) is 111 Å². The molecule has 9 N–H and O–H groups in total. The van der Waals surface area contributed by atoms with E-state index in [0.717, 1.165) is 16.0 Å². The van der Waals surface area contributed by atoms with Gasteiger partial charge in [0.2, 0.25) is 35.4 Å². The van der Waals surface area contributed by atoms with Crippen LogP contribution in [0.3, 0.4) is 0 Å². The lowest BCUT2D eigenvalue weighted by atomic mass is 9.95. The zero-order chi connectivity index (χ0) is 49.7. The van der Waals surface area contributed by atoms with Crippen LogP contribution in [0.25, 0.3) is 0 Å². The summed E-state index contributed by atoms with van der Waals surface area (Å²) >= 11 is 0. The normalized spacial score (nSPS) is 15.7. The second kappa shape index (κ2) is 27.7. The molecule has 1 aromatic rings.